The van der Waals surface area contributed by atoms with E-state index in [9.17, 15) is 9.59 Å². The predicted molar refractivity (Wildman–Crippen MR) is 112 cm³/mol. The van der Waals surface area contributed by atoms with Crippen LogP contribution in [0.3, 0.4) is 0 Å². The predicted octanol–water partition coefficient (Wildman–Crippen LogP) is 6.07. The van der Waals surface area contributed by atoms with Crippen LogP contribution in [0.15, 0.2) is 42.5 Å². The maximum Gasteiger partial charge on any atom is 0.311 e. The number of carbonyl (C=O) groups is 2. The Bertz CT molecular complexity index is 751. The van der Waals surface area contributed by atoms with Gasteiger partial charge in [-0.2, -0.15) is 0 Å². The summed E-state index contributed by atoms with van der Waals surface area (Å²) in [6.07, 6.45) is 6.84. The second kappa shape index (κ2) is 12.2. The van der Waals surface area contributed by atoms with Gasteiger partial charge < -0.3 is 9.47 Å². The molecule has 0 aliphatic heterocycles. The van der Waals surface area contributed by atoms with E-state index in [1.54, 1.807) is 0 Å². The lowest BCUT2D eigenvalue weighted by Gasteiger charge is -2.07. The van der Waals surface area contributed by atoms with Gasteiger partial charge in [-0.25, -0.2) is 0 Å². The van der Waals surface area contributed by atoms with Crippen molar-refractivity contribution in [3.8, 4) is 5.75 Å². The fraction of sp³-hybridized carbons (Fsp3) is 0.500. The highest BCUT2D eigenvalue weighted by Crippen LogP contribution is 2.21. The van der Waals surface area contributed by atoms with Crippen LogP contribution in [-0.4, -0.2) is 18.5 Å². The SMILES string of the molecule is CC(C)COC(=O)CCCCCCCCC(=O)Oc1ccc2ccccc2c1. The molecule has 0 aliphatic rings. The summed E-state index contributed by atoms with van der Waals surface area (Å²) in [5.41, 5.74) is 0. The smallest absolute Gasteiger partial charge is 0.311 e. The maximum absolute atomic E-state index is 12.0. The van der Waals surface area contributed by atoms with E-state index in [1.165, 1.54) is 0 Å². The second-order valence-electron chi connectivity index (χ2n) is 7.68. The second-order valence-corrected chi connectivity index (χ2v) is 7.68. The lowest BCUT2D eigenvalue weighted by Crippen LogP contribution is -2.09. The van der Waals surface area contributed by atoms with Gasteiger partial charge in [-0.3, -0.25) is 9.59 Å². The van der Waals surface area contributed by atoms with Crippen LogP contribution in [-0.2, 0) is 14.3 Å². The van der Waals surface area contributed by atoms with Crippen molar-refractivity contribution < 1.29 is 19.1 Å². The van der Waals surface area contributed by atoms with Crippen LogP contribution >= 0.6 is 0 Å². The van der Waals surface area contributed by atoms with Crippen molar-refractivity contribution in [3.63, 3.8) is 0 Å². The minimum Gasteiger partial charge on any atom is -0.465 e. The molecule has 0 unspecified atom stereocenters. The Hall–Kier alpha value is -2.36. The molecule has 0 radical (unpaired) electrons. The first-order chi connectivity index (χ1) is 13.5. The number of unbranched alkanes of at least 4 members (excludes halogenated alkanes) is 5. The molecule has 0 fully saturated rings. The third-order valence-corrected chi connectivity index (χ3v) is 4.54. The van der Waals surface area contributed by atoms with Crippen molar-refractivity contribution >= 4 is 22.7 Å². The molecule has 28 heavy (non-hydrogen) atoms. The van der Waals surface area contributed by atoms with E-state index < -0.39 is 0 Å². The van der Waals surface area contributed by atoms with Gasteiger partial charge >= 0.3 is 11.9 Å². The zero-order valence-corrected chi connectivity index (χ0v) is 17.1. The van der Waals surface area contributed by atoms with Crippen LogP contribution in [0.25, 0.3) is 10.8 Å². The van der Waals surface area contributed by atoms with Gasteiger partial charge in [-0.05, 0) is 41.7 Å². The molecule has 0 N–H and O–H groups in total. The summed E-state index contributed by atoms with van der Waals surface area (Å²) in [5, 5.41) is 2.20. The van der Waals surface area contributed by atoms with E-state index in [1.807, 2.05) is 56.3 Å². The third-order valence-electron chi connectivity index (χ3n) is 4.54. The summed E-state index contributed by atoms with van der Waals surface area (Å²) >= 11 is 0. The van der Waals surface area contributed by atoms with Crippen molar-refractivity contribution in [1.29, 1.82) is 0 Å². The van der Waals surface area contributed by atoms with Gasteiger partial charge in [0.05, 0.1) is 6.61 Å². The average Bonchev–Trinajstić information content (AvgIpc) is 2.68. The number of benzene rings is 2. The van der Waals surface area contributed by atoms with Gasteiger partial charge in [0.2, 0.25) is 0 Å². The molecular formula is C24H32O4. The molecule has 0 aliphatic carbocycles. The Morgan fingerprint density at radius 2 is 1.39 bits per heavy atom. The molecule has 0 heterocycles. The molecule has 0 saturated heterocycles. The molecule has 0 atom stereocenters. The van der Waals surface area contributed by atoms with Crippen LogP contribution < -0.4 is 4.74 Å². The molecule has 152 valence electrons. The van der Waals surface area contributed by atoms with E-state index in [4.69, 9.17) is 9.47 Å². The van der Waals surface area contributed by atoms with Crippen molar-refractivity contribution in [2.24, 2.45) is 5.92 Å². The zero-order valence-electron chi connectivity index (χ0n) is 17.1. The van der Waals surface area contributed by atoms with Crippen LogP contribution in [0, 0.1) is 5.92 Å². The molecular weight excluding hydrogens is 352 g/mol. The quantitative estimate of drug-likeness (QED) is 0.253. The Labute approximate surface area is 168 Å². The lowest BCUT2D eigenvalue weighted by atomic mass is 10.1. The zero-order chi connectivity index (χ0) is 20.2. The number of ether oxygens (including phenoxy) is 2. The van der Waals surface area contributed by atoms with Crippen molar-refractivity contribution in [1.82, 2.24) is 0 Å². The Morgan fingerprint density at radius 3 is 2.07 bits per heavy atom. The summed E-state index contributed by atoms with van der Waals surface area (Å²) in [7, 11) is 0. The molecule has 2 rings (SSSR count). The monoisotopic (exact) mass is 384 g/mol. The highest BCUT2D eigenvalue weighted by Gasteiger charge is 2.06. The van der Waals surface area contributed by atoms with Gasteiger partial charge in [0.15, 0.2) is 0 Å². The van der Waals surface area contributed by atoms with Gasteiger partial charge in [-0.1, -0.05) is 69.9 Å². The number of carbonyl (C=O) groups excluding carboxylic acids is 2. The Morgan fingerprint density at radius 1 is 0.786 bits per heavy atom. The number of esters is 2. The summed E-state index contributed by atoms with van der Waals surface area (Å²) in [5.74, 6) is 0.721. The van der Waals surface area contributed by atoms with E-state index in [0.29, 0.717) is 31.1 Å². The van der Waals surface area contributed by atoms with Crippen LogP contribution in [0.1, 0.15) is 65.2 Å². The summed E-state index contributed by atoms with van der Waals surface area (Å²) in [6, 6.07) is 13.7. The van der Waals surface area contributed by atoms with Gasteiger partial charge in [-0.15, -0.1) is 0 Å². The van der Waals surface area contributed by atoms with Crippen LogP contribution in [0.4, 0.5) is 0 Å². The van der Waals surface area contributed by atoms with Gasteiger partial charge in [0.25, 0.3) is 0 Å². The Kier molecular flexibility index (Phi) is 9.53. The molecule has 0 amide bonds. The topological polar surface area (TPSA) is 52.6 Å². The summed E-state index contributed by atoms with van der Waals surface area (Å²) < 4.78 is 10.6. The fourth-order valence-electron chi connectivity index (χ4n) is 2.99. The van der Waals surface area contributed by atoms with Crippen molar-refractivity contribution in [3.05, 3.63) is 42.5 Å². The minimum absolute atomic E-state index is 0.0925. The minimum atomic E-state index is -0.178. The molecule has 0 spiro atoms. The Balaban J connectivity index is 1.51. The third kappa shape index (κ3) is 8.55. The van der Waals surface area contributed by atoms with E-state index in [-0.39, 0.29) is 11.9 Å². The molecule has 2 aromatic rings. The maximum atomic E-state index is 12.0. The molecule has 0 aromatic heterocycles. The first-order valence-corrected chi connectivity index (χ1v) is 10.4. The van der Waals surface area contributed by atoms with Crippen LogP contribution in [0.5, 0.6) is 5.75 Å². The fourth-order valence-corrected chi connectivity index (χ4v) is 2.99. The van der Waals surface area contributed by atoms with E-state index in [2.05, 4.69) is 0 Å². The molecule has 0 saturated carbocycles. The first kappa shape index (κ1) is 21.9. The number of hydrogen-bond acceptors (Lipinski definition) is 4. The lowest BCUT2D eigenvalue weighted by molar-refractivity contribution is -0.144. The van der Waals surface area contributed by atoms with Gasteiger partial charge in [0.1, 0.15) is 5.75 Å². The average molecular weight is 385 g/mol. The first-order valence-electron chi connectivity index (χ1n) is 10.4. The number of hydrogen-bond donors (Lipinski definition) is 0. The number of rotatable bonds is 12. The van der Waals surface area contributed by atoms with Crippen LogP contribution in [0.2, 0.25) is 0 Å². The summed E-state index contributed by atoms with van der Waals surface area (Å²) in [6.45, 7) is 4.57. The standard InChI is InChI=1S/C24H32O4/c1-19(2)18-27-23(25)13-7-5-3-4-6-8-14-24(26)28-22-16-15-20-11-9-10-12-21(20)17-22/h9-12,15-17,19H,3-8,13-14,18H2,1-2H3. The molecule has 4 nitrogen and oxygen atoms in total. The van der Waals surface area contributed by atoms with Crippen molar-refractivity contribution in [2.45, 2.75) is 65.2 Å². The highest BCUT2D eigenvalue weighted by atomic mass is 16.5. The number of fused-ring (bicyclic) bond motifs is 1. The van der Waals surface area contributed by atoms with E-state index in [0.717, 1.165) is 49.3 Å². The van der Waals surface area contributed by atoms with Crippen molar-refractivity contribution in [2.75, 3.05) is 6.61 Å². The molecule has 4 heteroatoms. The van der Waals surface area contributed by atoms with Gasteiger partial charge in [0, 0.05) is 12.8 Å². The normalized spacial score (nSPS) is 11.0. The summed E-state index contributed by atoms with van der Waals surface area (Å²) in [4.78, 5) is 23.5. The van der Waals surface area contributed by atoms with E-state index >= 15 is 0 Å². The highest BCUT2D eigenvalue weighted by molar-refractivity contribution is 5.84. The molecule has 0 bridgehead atoms. The molecule has 2 aromatic carbocycles. The largest absolute Gasteiger partial charge is 0.465 e.